The zero-order valence-corrected chi connectivity index (χ0v) is 9.54. The molecule has 0 bridgehead atoms. The van der Waals surface area contributed by atoms with Crippen molar-refractivity contribution >= 4 is 0 Å². The number of nitrogens with zero attached hydrogens (tertiary/aromatic N) is 4. The predicted octanol–water partition coefficient (Wildman–Crippen LogP) is 0.824. The average molecular weight is 230 g/mol. The summed E-state index contributed by atoms with van der Waals surface area (Å²) < 4.78 is 3.33. The van der Waals surface area contributed by atoms with E-state index in [0.29, 0.717) is 6.54 Å². The summed E-state index contributed by atoms with van der Waals surface area (Å²) in [6, 6.07) is 3.83. The fraction of sp³-hybridized carbons (Fsp3) is 0.417. The molecule has 5 heteroatoms. The molecule has 17 heavy (non-hydrogen) atoms. The fourth-order valence-electron chi connectivity index (χ4n) is 2.22. The monoisotopic (exact) mass is 230 g/mol. The standard InChI is InChI=1S/C12H14N4O/c17-12-15-7-2-1-5-11(15)14-16(12)9-10-4-3-6-13-8-10/h3-4,6,8H,1-2,5,7,9H2. The lowest BCUT2D eigenvalue weighted by molar-refractivity contribution is 0.511. The normalized spacial score (nSPS) is 14.6. The second kappa shape index (κ2) is 4.16. The molecule has 0 spiro atoms. The summed E-state index contributed by atoms with van der Waals surface area (Å²) in [4.78, 5) is 16.1. The van der Waals surface area contributed by atoms with Crippen molar-refractivity contribution in [1.82, 2.24) is 19.3 Å². The Kier molecular flexibility index (Phi) is 2.51. The molecule has 2 aromatic heterocycles. The van der Waals surface area contributed by atoms with E-state index in [9.17, 15) is 4.79 Å². The second-order valence-corrected chi connectivity index (χ2v) is 4.33. The highest BCUT2D eigenvalue weighted by molar-refractivity contribution is 5.08. The summed E-state index contributed by atoms with van der Waals surface area (Å²) >= 11 is 0. The highest BCUT2D eigenvalue weighted by Gasteiger charge is 2.16. The number of hydrogen-bond donors (Lipinski definition) is 0. The molecule has 0 aromatic carbocycles. The van der Waals surface area contributed by atoms with Gasteiger partial charge in [-0.25, -0.2) is 9.48 Å². The van der Waals surface area contributed by atoms with Crippen molar-refractivity contribution in [3.63, 3.8) is 0 Å². The van der Waals surface area contributed by atoms with Crippen molar-refractivity contribution in [2.45, 2.75) is 32.4 Å². The summed E-state index contributed by atoms with van der Waals surface area (Å²) in [5, 5.41) is 4.38. The molecule has 0 unspecified atom stereocenters. The van der Waals surface area contributed by atoms with E-state index in [1.165, 1.54) is 4.68 Å². The second-order valence-electron chi connectivity index (χ2n) is 4.33. The molecule has 0 aliphatic carbocycles. The predicted molar refractivity (Wildman–Crippen MR) is 62.8 cm³/mol. The minimum absolute atomic E-state index is 0.00329. The van der Waals surface area contributed by atoms with Gasteiger partial charge >= 0.3 is 5.69 Å². The van der Waals surface area contributed by atoms with E-state index >= 15 is 0 Å². The van der Waals surface area contributed by atoms with Gasteiger partial charge in [-0.15, -0.1) is 0 Å². The first-order valence-corrected chi connectivity index (χ1v) is 5.90. The molecule has 0 radical (unpaired) electrons. The Morgan fingerprint density at radius 1 is 1.35 bits per heavy atom. The Labute approximate surface area is 98.7 Å². The minimum atomic E-state index is 0.00329. The summed E-state index contributed by atoms with van der Waals surface area (Å²) in [5.41, 5.74) is 1.01. The fourth-order valence-corrected chi connectivity index (χ4v) is 2.22. The van der Waals surface area contributed by atoms with Gasteiger partial charge < -0.3 is 0 Å². The first-order valence-electron chi connectivity index (χ1n) is 5.90. The van der Waals surface area contributed by atoms with Gasteiger partial charge in [-0.3, -0.25) is 9.55 Å². The first-order chi connectivity index (χ1) is 8.34. The van der Waals surface area contributed by atoms with E-state index in [0.717, 1.165) is 37.2 Å². The third-order valence-electron chi connectivity index (χ3n) is 3.09. The van der Waals surface area contributed by atoms with Gasteiger partial charge in [0.1, 0.15) is 5.82 Å². The lowest BCUT2D eigenvalue weighted by atomic mass is 10.2. The molecule has 5 nitrogen and oxygen atoms in total. The molecule has 0 N–H and O–H groups in total. The maximum Gasteiger partial charge on any atom is 0.346 e. The van der Waals surface area contributed by atoms with Crippen LogP contribution in [0.2, 0.25) is 0 Å². The Hall–Kier alpha value is -1.91. The quantitative estimate of drug-likeness (QED) is 0.767. The zero-order chi connectivity index (χ0) is 11.7. The van der Waals surface area contributed by atoms with Gasteiger partial charge in [-0.05, 0) is 24.5 Å². The Balaban J connectivity index is 1.94. The minimum Gasteiger partial charge on any atom is -0.279 e. The number of fused-ring (bicyclic) bond motifs is 1. The average Bonchev–Trinajstić information content (AvgIpc) is 2.68. The molecule has 1 aliphatic rings. The highest BCUT2D eigenvalue weighted by atomic mass is 16.2. The molecule has 88 valence electrons. The third-order valence-corrected chi connectivity index (χ3v) is 3.09. The number of aromatic nitrogens is 4. The number of hydrogen-bond acceptors (Lipinski definition) is 3. The molecule has 1 aliphatic heterocycles. The van der Waals surface area contributed by atoms with E-state index in [1.807, 2.05) is 12.1 Å². The molecular formula is C12H14N4O. The molecular weight excluding hydrogens is 216 g/mol. The van der Waals surface area contributed by atoms with Crippen molar-refractivity contribution in [2.75, 3.05) is 0 Å². The topological polar surface area (TPSA) is 52.7 Å². The van der Waals surface area contributed by atoms with Crippen LogP contribution >= 0.6 is 0 Å². The van der Waals surface area contributed by atoms with Crippen molar-refractivity contribution in [3.05, 3.63) is 46.4 Å². The van der Waals surface area contributed by atoms with Crippen LogP contribution in [0.5, 0.6) is 0 Å². The molecule has 3 heterocycles. The van der Waals surface area contributed by atoms with Crippen LogP contribution in [-0.4, -0.2) is 19.3 Å². The Morgan fingerprint density at radius 2 is 2.29 bits per heavy atom. The van der Waals surface area contributed by atoms with Gasteiger partial charge in [-0.1, -0.05) is 6.07 Å². The highest BCUT2D eigenvalue weighted by Crippen LogP contribution is 2.09. The largest absolute Gasteiger partial charge is 0.346 e. The van der Waals surface area contributed by atoms with Crippen molar-refractivity contribution in [3.8, 4) is 0 Å². The summed E-state index contributed by atoms with van der Waals surface area (Å²) in [5.74, 6) is 0.921. The molecule has 0 saturated carbocycles. The van der Waals surface area contributed by atoms with E-state index in [-0.39, 0.29) is 5.69 Å². The third kappa shape index (κ3) is 1.88. The molecule has 0 atom stereocenters. The van der Waals surface area contributed by atoms with E-state index < -0.39 is 0 Å². The van der Waals surface area contributed by atoms with Crippen LogP contribution in [0.3, 0.4) is 0 Å². The van der Waals surface area contributed by atoms with Crippen molar-refractivity contribution in [1.29, 1.82) is 0 Å². The summed E-state index contributed by atoms with van der Waals surface area (Å²) in [6.45, 7) is 1.31. The zero-order valence-electron chi connectivity index (χ0n) is 9.54. The first kappa shape index (κ1) is 10.3. The van der Waals surface area contributed by atoms with E-state index in [2.05, 4.69) is 10.1 Å². The molecule has 0 saturated heterocycles. The van der Waals surface area contributed by atoms with Crippen LogP contribution < -0.4 is 5.69 Å². The van der Waals surface area contributed by atoms with Crippen molar-refractivity contribution in [2.24, 2.45) is 0 Å². The van der Waals surface area contributed by atoms with Gasteiger partial charge in [0.05, 0.1) is 6.54 Å². The number of aryl methyl sites for hydroxylation is 1. The Morgan fingerprint density at radius 3 is 3.06 bits per heavy atom. The van der Waals surface area contributed by atoms with Gasteiger partial charge in [0.2, 0.25) is 0 Å². The van der Waals surface area contributed by atoms with Crippen LogP contribution in [0.4, 0.5) is 0 Å². The molecule has 0 amide bonds. The van der Waals surface area contributed by atoms with Gasteiger partial charge in [0.25, 0.3) is 0 Å². The van der Waals surface area contributed by atoms with Gasteiger partial charge in [0.15, 0.2) is 0 Å². The summed E-state index contributed by atoms with van der Waals surface area (Å²) in [7, 11) is 0. The van der Waals surface area contributed by atoms with Crippen LogP contribution in [0.15, 0.2) is 29.3 Å². The maximum absolute atomic E-state index is 12.1. The van der Waals surface area contributed by atoms with Crippen LogP contribution in [0, 0.1) is 0 Å². The SMILES string of the molecule is O=c1n(Cc2cccnc2)nc2n1CCCC2. The summed E-state index contributed by atoms with van der Waals surface area (Å²) in [6.07, 6.45) is 6.61. The lowest BCUT2D eigenvalue weighted by Crippen LogP contribution is -2.27. The Bertz CT molecular complexity index is 570. The number of rotatable bonds is 2. The van der Waals surface area contributed by atoms with E-state index in [1.54, 1.807) is 17.0 Å². The molecule has 0 fully saturated rings. The van der Waals surface area contributed by atoms with Gasteiger partial charge in [-0.2, -0.15) is 5.10 Å². The van der Waals surface area contributed by atoms with Crippen LogP contribution in [0.25, 0.3) is 0 Å². The number of pyridine rings is 1. The van der Waals surface area contributed by atoms with Gasteiger partial charge in [0, 0.05) is 25.4 Å². The maximum atomic E-state index is 12.1. The smallest absolute Gasteiger partial charge is 0.279 e. The molecule has 3 rings (SSSR count). The van der Waals surface area contributed by atoms with E-state index in [4.69, 9.17) is 0 Å². The van der Waals surface area contributed by atoms with Crippen LogP contribution in [0.1, 0.15) is 24.2 Å². The van der Waals surface area contributed by atoms with Crippen molar-refractivity contribution < 1.29 is 0 Å². The molecule has 2 aromatic rings. The lowest BCUT2D eigenvalue weighted by Gasteiger charge is -2.09. The van der Waals surface area contributed by atoms with Crippen LogP contribution in [-0.2, 0) is 19.5 Å².